The Balaban J connectivity index is 2.41. The molecule has 0 saturated carbocycles. The molecular formula is C10H20N4. The maximum atomic E-state index is 4.04. The van der Waals surface area contributed by atoms with Crippen LogP contribution in [0.2, 0.25) is 0 Å². The minimum absolute atomic E-state index is 0.585. The first-order valence-corrected chi connectivity index (χ1v) is 5.21. The minimum atomic E-state index is 0.585. The van der Waals surface area contributed by atoms with Gasteiger partial charge in [0, 0.05) is 25.0 Å². The van der Waals surface area contributed by atoms with Crippen molar-refractivity contribution >= 4 is 0 Å². The molecule has 0 aliphatic carbocycles. The molecule has 0 unspecified atom stereocenters. The van der Waals surface area contributed by atoms with Gasteiger partial charge in [0.05, 0.1) is 11.9 Å². The number of aromatic amines is 1. The molecule has 0 bridgehead atoms. The zero-order valence-corrected chi connectivity index (χ0v) is 9.49. The van der Waals surface area contributed by atoms with E-state index < -0.39 is 0 Å². The second kappa shape index (κ2) is 5.10. The number of H-pyrrole nitrogens is 1. The standard InChI is InChI=1S/C10H20N4/c1-8(2)14(9(3)4)6-5-10-7-11-13-12-10/h7-9H,5-6H2,1-4H3,(H,11,12,13). The van der Waals surface area contributed by atoms with E-state index in [2.05, 4.69) is 48.0 Å². The minimum Gasteiger partial charge on any atom is -0.298 e. The largest absolute Gasteiger partial charge is 0.298 e. The lowest BCUT2D eigenvalue weighted by Gasteiger charge is -2.30. The summed E-state index contributed by atoms with van der Waals surface area (Å²) in [7, 11) is 0. The van der Waals surface area contributed by atoms with Crippen molar-refractivity contribution in [1.29, 1.82) is 0 Å². The molecule has 4 heteroatoms. The summed E-state index contributed by atoms with van der Waals surface area (Å²) in [6.45, 7) is 9.94. The molecule has 0 fully saturated rings. The van der Waals surface area contributed by atoms with Crippen LogP contribution in [0.3, 0.4) is 0 Å². The van der Waals surface area contributed by atoms with Crippen LogP contribution in [0.25, 0.3) is 0 Å². The molecule has 0 radical (unpaired) electrons. The van der Waals surface area contributed by atoms with E-state index >= 15 is 0 Å². The molecule has 1 rings (SSSR count). The first-order valence-electron chi connectivity index (χ1n) is 5.21. The zero-order valence-electron chi connectivity index (χ0n) is 9.49. The van der Waals surface area contributed by atoms with Gasteiger partial charge in [0.2, 0.25) is 0 Å². The lowest BCUT2D eigenvalue weighted by molar-refractivity contribution is 0.177. The Bertz CT molecular complexity index is 233. The average molecular weight is 196 g/mol. The van der Waals surface area contributed by atoms with E-state index in [0.717, 1.165) is 18.7 Å². The zero-order chi connectivity index (χ0) is 10.6. The summed E-state index contributed by atoms with van der Waals surface area (Å²) in [5.41, 5.74) is 1.04. The fourth-order valence-electron chi connectivity index (χ4n) is 1.70. The van der Waals surface area contributed by atoms with E-state index in [1.54, 1.807) is 6.20 Å². The van der Waals surface area contributed by atoms with Crippen LogP contribution in [-0.4, -0.2) is 38.9 Å². The molecule has 0 aliphatic rings. The van der Waals surface area contributed by atoms with E-state index in [-0.39, 0.29) is 0 Å². The molecule has 80 valence electrons. The summed E-state index contributed by atoms with van der Waals surface area (Å²) in [4.78, 5) is 2.45. The van der Waals surface area contributed by atoms with Crippen LogP contribution in [0.15, 0.2) is 6.20 Å². The number of nitrogens with one attached hydrogen (secondary N) is 1. The Labute approximate surface area is 85.7 Å². The van der Waals surface area contributed by atoms with E-state index in [1.807, 2.05) is 0 Å². The number of hydrogen-bond donors (Lipinski definition) is 1. The lowest BCUT2D eigenvalue weighted by atomic mass is 10.2. The van der Waals surface area contributed by atoms with Gasteiger partial charge in [-0.05, 0) is 27.7 Å². The molecule has 14 heavy (non-hydrogen) atoms. The number of nitrogens with zero attached hydrogens (tertiary/aromatic N) is 3. The topological polar surface area (TPSA) is 44.8 Å². The molecular weight excluding hydrogens is 176 g/mol. The summed E-state index contributed by atoms with van der Waals surface area (Å²) in [5.74, 6) is 0. The van der Waals surface area contributed by atoms with Gasteiger partial charge < -0.3 is 0 Å². The molecule has 1 N–H and O–H groups in total. The maximum Gasteiger partial charge on any atom is 0.0837 e. The van der Waals surface area contributed by atoms with E-state index in [0.29, 0.717) is 12.1 Å². The first-order chi connectivity index (χ1) is 6.61. The van der Waals surface area contributed by atoms with Crippen LogP contribution in [0, 0.1) is 0 Å². The van der Waals surface area contributed by atoms with Crippen LogP contribution in [-0.2, 0) is 6.42 Å². The highest BCUT2D eigenvalue weighted by molar-refractivity contribution is 4.91. The summed E-state index contributed by atoms with van der Waals surface area (Å²) in [5, 5.41) is 10.5. The second-order valence-electron chi connectivity index (χ2n) is 4.14. The Morgan fingerprint density at radius 3 is 2.36 bits per heavy atom. The summed E-state index contributed by atoms with van der Waals surface area (Å²) in [6.07, 6.45) is 2.76. The Morgan fingerprint density at radius 2 is 1.93 bits per heavy atom. The van der Waals surface area contributed by atoms with Crippen molar-refractivity contribution in [3.8, 4) is 0 Å². The van der Waals surface area contributed by atoms with E-state index in [4.69, 9.17) is 0 Å². The highest BCUT2D eigenvalue weighted by Gasteiger charge is 2.13. The first kappa shape index (κ1) is 11.2. The fourth-order valence-corrected chi connectivity index (χ4v) is 1.70. The van der Waals surface area contributed by atoms with Crippen molar-refractivity contribution in [2.24, 2.45) is 0 Å². The third-order valence-electron chi connectivity index (χ3n) is 2.42. The van der Waals surface area contributed by atoms with Crippen molar-refractivity contribution < 1.29 is 0 Å². The van der Waals surface area contributed by atoms with Crippen molar-refractivity contribution in [1.82, 2.24) is 20.3 Å². The van der Waals surface area contributed by atoms with Gasteiger partial charge in [-0.2, -0.15) is 15.4 Å². The van der Waals surface area contributed by atoms with E-state index in [9.17, 15) is 0 Å². The molecule has 1 aromatic rings. The van der Waals surface area contributed by atoms with Crippen LogP contribution < -0.4 is 0 Å². The summed E-state index contributed by atoms with van der Waals surface area (Å²) >= 11 is 0. The van der Waals surface area contributed by atoms with Gasteiger partial charge in [-0.1, -0.05) is 0 Å². The van der Waals surface area contributed by atoms with Gasteiger partial charge in [0.1, 0.15) is 0 Å². The third kappa shape index (κ3) is 3.10. The summed E-state index contributed by atoms with van der Waals surface area (Å²) < 4.78 is 0. The smallest absolute Gasteiger partial charge is 0.0837 e. The number of aromatic nitrogens is 3. The van der Waals surface area contributed by atoms with E-state index in [1.165, 1.54) is 0 Å². The van der Waals surface area contributed by atoms with Gasteiger partial charge in [-0.15, -0.1) is 0 Å². The molecule has 0 aromatic carbocycles. The maximum absolute atomic E-state index is 4.04. The Hall–Kier alpha value is -0.900. The number of rotatable bonds is 5. The molecule has 1 heterocycles. The molecule has 0 atom stereocenters. The normalized spacial score (nSPS) is 11.9. The van der Waals surface area contributed by atoms with Gasteiger partial charge in [0.25, 0.3) is 0 Å². The lowest BCUT2D eigenvalue weighted by Crippen LogP contribution is -2.38. The summed E-state index contributed by atoms with van der Waals surface area (Å²) in [6, 6.07) is 1.17. The average Bonchev–Trinajstić information content (AvgIpc) is 2.55. The molecule has 0 aliphatic heterocycles. The fraction of sp³-hybridized carbons (Fsp3) is 0.800. The predicted molar refractivity (Wildman–Crippen MR) is 57.1 cm³/mol. The molecule has 0 saturated heterocycles. The monoisotopic (exact) mass is 196 g/mol. The van der Waals surface area contributed by atoms with Crippen LogP contribution >= 0.6 is 0 Å². The van der Waals surface area contributed by atoms with Crippen LogP contribution in [0.4, 0.5) is 0 Å². The van der Waals surface area contributed by atoms with Crippen molar-refractivity contribution in [2.75, 3.05) is 6.54 Å². The van der Waals surface area contributed by atoms with Crippen molar-refractivity contribution in [2.45, 2.75) is 46.2 Å². The number of hydrogen-bond acceptors (Lipinski definition) is 3. The third-order valence-corrected chi connectivity index (χ3v) is 2.42. The Morgan fingerprint density at radius 1 is 1.29 bits per heavy atom. The SMILES string of the molecule is CC(C)N(CCc1cn[nH]n1)C(C)C. The quantitative estimate of drug-likeness (QED) is 0.775. The van der Waals surface area contributed by atoms with Crippen molar-refractivity contribution in [3.63, 3.8) is 0 Å². The van der Waals surface area contributed by atoms with Gasteiger partial charge in [0.15, 0.2) is 0 Å². The molecule has 4 nitrogen and oxygen atoms in total. The van der Waals surface area contributed by atoms with Gasteiger partial charge in [-0.25, -0.2) is 0 Å². The van der Waals surface area contributed by atoms with Gasteiger partial charge >= 0.3 is 0 Å². The molecule has 0 spiro atoms. The molecule has 1 aromatic heterocycles. The van der Waals surface area contributed by atoms with Gasteiger partial charge in [-0.3, -0.25) is 4.90 Å². The second-order valence-corrected chi connectivity index (χ2v) is 4.14. The van der Waals surface area contributed by atoms with Crippen LogP contribution in [0.5, 0.6) is 0 Å². The molecule has 0 amide bonds. The highest BCUT2D eigenvalue weighted by atomic mass is 15.3. The highest BCUT2D eigenvalue weighted by Crippen LogP contribution is 2.06. The predicted octanol–water partition coefficient (Wildman–Crippen LogP) is 1.47. The Kier molecular flexibility index (Phi) is 4.07. The van der Waals surface area contributed by atoms with Crippen molar-refractivity contribution in [3.05, 3.63) is 11.9 Å². The van der Waals surface area contributed by atoms with Crippen LogP contribution in [0.1, 0.15) is 33.4 Å².